The summed E-state index contributed by atoms with van der Waals surface area (Å²) in [5.74, 6) is 1.11. The Bertz CT molecular complexity index is 715. The van der Waals surface area contributed by atoms with Gasteiger partial charge in [-0.1, -0.05) is 0 Å². The molecule has 0 radical (unpaired) electrons. The monoisotopic (exact) mass is 267 g/mol. The first-order chi connectivity index (χ1) is 9.51. The molecular formula is C16H17N3O. The zero-order chi connectivity index (χ0) is 14.9. The lowest BCUT2D eigenvalue weighted by atomic mass is 9.90. The van der Waals surface area contributed by atoms with E-state index in [2.05, 4.69) is 11.1 Å². The van der Waals surface area contributed by atoms with Crippen LogP contribution in [0.5, 0.6) is 5.75 Å². The van der Waals surface area contributed by atoms with Gasteiger partial charge in [0.05, 0.1) is 7.11 Å². The van der Waals surface area contributed by atoms with Crippen molar-refractivity contribution >= 4 is 5.82 Å². The Labute approximate surface area is 118 Å². The number of aryl methyl sites for hydroxylation is 1. The number of nitrogen functional groups attached to an aromatic ring is 1. The summed E-state index contributed by atoms with van der Waals surface area (Å²) in [5.41, 5.74) is 11.3. The summed E-state index contributed by atoms with van der Waals surface area (Å²) in [4.78, 5) is 3.98. The third-order valence-electron chi connectivity index (χ3n) is 3.63. The number of anilines is 1. The topological polar surface area (TPSA) is 71.9 Å². The molecule has 2 aromatic rings. The molecule has 0 aliphatic rings. The minimum absolute atomic E-state index is 0.261. The lowest BCUT2D eigenvalue weighted by Crippen LogP contribution is -2.01. The van der Waals surface area contributed by atoms with E-state index in [1.165, 1.54) is 0 Å². The number of nitriles is 1. The van der Waals surface area contributed by atoms with Crippen LogP contribution in [0.2, 0.25) is 0 Å². The Morgan fingerprint density at radius 3 is 2.55 bits per heavy atom. The number of hydrogen-bond acceptors (Lipinski definition) is 4. The van der Waals surface area contributed by atoms with E-state index in [0.29, 0.717) is 5.56 Å². The van der Waals surface area contributed by atoms with Crippen LogP contribution in [0.3, 0.4) is 0 Å². The second-order valence-corrected chi connectivity index (χ2v) is 4.75. The van der Waals surface area contributed by atoms with Crippen molar-refractivity contribution in [3.63, 3.8) is 0 Å². The Balaban J connectivity index is 2.82. The van der Waals surface area contributed by atoms with Crippen molar-refractivity contribution < 1.29 is 4.74 Å². The molecular weight excluding hydrogens is 250 g/mol. The fourth-order valence-corrected chi connectivity index (χ4v) is 2.48. The first kappa shape index (κ1) is 13.9. The third-order valence-corrected chi connectivity index (χ3v) is 3.63. The van der Waals surface area contributed by atoms with Crippen molar-refractivity contribution in [2.75, 3.05) is 12.8 Å². The van der Waals surface area contributed by atoms with Gasteiger partial charge in [0.2, 0.25) is 0 Å². The van der Waals surface area contributed by atoms with Gasteiger partial charge >= 0.3 is 0 Å². The van der Waals surface area contributed by atoms with Crippen LogP contribution in [-0.2, 0) is 0 Å². The average Bonchev–Trinajstić information content (AvgIpc) is 2.43. The van der Waals surface area contributed by atoms with E-state index >= 15 is 0 Å². The fraction of sp³-hybridized carbons (Fsp3) is 0.250. The number of methoxy groups -OCH3 is 1. The van der Waals surface area contributed by atoms with Crippen molar-refractivity contribution in [3.05, 3.63) is 40.6 Å². The lowest BCUT2D eigenvalue weighted by Gasteiger charge is -2.17. The van der Waals surface area contributed by atoms with Gasteiger partial charge in [-0.15, -0.1) is 0 Å². The minimum Gasteiger partial charge on any atom is -0.496 e. The highest BCUT2D eigenvalue weighted by molar-refractivity contribution is 5.80. The smallest absolute Gasteiger partial charge is 0.141 e. The van der Waals surface area contributed by atoms with E-state index < -0.39 is 0 Å². The van der Waals surface area contributed by atoms with Crippen LogP contribution >= 0.6 is 0 Å². The molecule has 102 valence electrons. The molecule has 1 aromatic carbocycles. The van der Waals surface area contributed by atoms with Gasteiger partial charge < -0.3 is 10.5 Å². The average molecular weight is 267 g/mol. The van der Waals surface area contributed by atoms with Gasteiger partial charge in [-0.25, -0.2) is 4.98 Å². The van der Waals surface area contributed by atoms with Crippen molar-refractivity contribution in [3.8, 4) is 22.9 Å². The zero-order valence-corrected chi connectivity index (χ0v) is 12.1. The standard InChI is InChI=1S/C16H17N3O/c1-9-7-14(20-4)10(2)11(3)15(9)12-5-6-19-16(18)13(12)8-17/h5-7H,1-4H3,(H2,18,19). The summed E-state index contributed by atoms with van der Waals surface area (Å²) >= 11 is 0. The number of aromatic nitrogens is 1. The number of nitrogens with zero attached hydrogens (tertiary/aromatic N) is 2. The molecule has 0 bridgehead atoms. The predicted molar refractivity (Wildman–Crippen MR) is 79.6 cm³/mol. The van der Waals surface area contributed by atoms with E-state index in [1.54, 1.807) is 13.3 Å². The molecule has 20 heavy (non-hydrogen) atoms. The van der Waals surface area contributed by atoms with Crippen molar-refractivity contribution in [1.82, 2.24) is 4.98 Å². The van der Waals surface area contributed by atoms with Crippen LogP contribution in [0.1, 0.15) is 22.3 Å². The first-order valence-electron chi connectivity index (χ1n) is 6.31. The Kier molecular flexibility index (Phi) is 3.62. The number of benzene rings is 1. The molecule has 2 rings (SSSR count). The minimum atomic E-state index is 0.261. The molecule has 1 heterocycles. The summed E-state index contributed by atoms with van der Waals surface area (Å²) in [7, 11) is 1.66. The number of hydrogen-bond donors (Lipinski definition) is 1. The van der Waals surface area contributed by atoms with E-state index in [-0.39, 0.29) is 5.82 Å². The molecule has 0 aliphatic heterocycles. The molecule has 0 fully saturated rings. The highest BCUT2D eigenvalue weighted by Gasteiger charge is 2.16. The fourth-order valence-electron chi connectivity index (χ4n) is 2.48. The zero-order valence-electron chi connectivity index (χ0n) is 12.1. The van der Waals surface area contributed by atoms with Crippen LogP contribution in [0.4, 0.5) is 5.82 Å². The van der Waals surface area contributed by atoms with Gasteiger partial charge in [-0.2, -0.15) is 5.26 Å². The largest absolute Gasteiger partial charge is 0.496 e. The van der Waals surface area contributed by atoms with E-state index in [0.717, 1.165) is 33.6 Å². The van der Waals surface area contributed by atoms with Crippen molar-refractivity contribution in [1.29, 1.82) is 5.26 Å². The van der Waals surface area contributed by atoms with Crippen molar-refractivity contribution in [2.45, 2.75) is 20.8 Å². The molecule has 0 unspecified atom stereocenters. The number of nitrogens with two attached hydrogens (primary N) is 1. The Morgan fingerprint density at radius 1 is 1.25 bits per heavy atom. The second-order valence-electron chi connectivity index (χ2n) is 4.75. The Hall–Kier alpha value is -2.54. The normalized spacial score (nSPS) is 10.2. The molecule has 0 saturated carbocycles. The van der Waals surface area contributed by atoms with Gasteiger partial charge in [0.25, 0.3) is 0 Å². The first-order valence-corrected chi connectivity index (χ1v) is 6.31. The summed E-state index contributed by atoms with van der Waals surface area (Å²) < 4.78 is 5.38. The maximum atomic E-state index is 9.32. The molecule has 2 N–H and O–H groups in total. The molecule has 4 heteroatoms. The van der Waals surface area contributed by atoms with Gasteiger partial charge in [0.15, 0.2) is 0 Å². The SMILES string of the molecule is COc1cc(C)c(-c2ccnc(N)c2C#N)c(C)c1C. The lowest BCUT2D eigenvalue weighted by molar-refractivity contribution is 0.411. The predicted octanol–water partition coefficient (Wildman–Crippen LogP) is 3.14. The van der Waals surface area contributed by atoms with E-state index in [9.17, 15) is 5.26 Å². The van der Waals surface area contributed by atoms with Crippen LogP contribution in [0.25, 0.3) is 11.1 Å². The molecule has 4 nitrogen and oxygen atoms in total. The van der Waals surface area contributed by atoms with Crippen LogP contribution in [0, 0.1) is 32.1 Å². The van der Waals surface area contributed by atoms with Gasteiger partial charge in [0, 0.05) is 11.8 Å². The van der Waals surface area contributed by atoms with Gasteiger partial charge in [-0.3, -0.25) is 0 Å². The summed E-state index contributed by atoms with van der Waals surface area (Å²) in [6.45, 7) is 6.04. The second kappa shape index (κ2) is 5.22. The van der Waals surface area contributed by atoms with Gasteiger partial charge in [-0.05, 0) is 55.2 Å². The highest BCUT2D eigenvalue weighted by atomic mass is 16.5. The van der Waals surface area contributed by atoms with E-state index in [1.807, 2.05) is 32.9 Å². The maximum Gasteiger partial charge on any atom is 0.141 e. The van der Waals surface area contributed by atoms with Crippen LogP contribution < -0.4 is 10.5 Å². The number of ether oxygens (including phenoxy) is 1. The summed E-state index contributed by atoms with van der Waals surface area (Å²) in [6.07, 6.45) is 1.63. The molecule has 0 atom stereocenters. The maximum absolute atomic E-state index is 9.32. The Morgan fingerprint density at radius 2 is 1.95 bits per heavy atom. The number of pyridine rings is 1. The molecule has 0 aliphatic carbocycles. The molecule has 0 spiro atoms. The van der Waals surface area contributed by atoms with Gasteiger partial charge in [0.1, 0.15) is 23.2 Å². The highest BCUT2D eigenvalue weighted by Crippen LogP contribution is 2.36. The molecule has 0 amide bonds. The van der Waals surface area contributed by atoms with Crippen LogP contribution in [0.15, 0.2) is 18.3 Å². The molecule has 0 saturated heterocycles. The van der Waals surface area contributed by atoms with E-state index in [4.69, 9.17) is 10.5 Å². The number of rotatable bonds is 2. The van der Waals surface area contributed by atoms with Crippen LogP contribution in [-0.4, -0.2) is 12.1 Å². The summed E-state index contributed by atoms with van der Waals surface area (Å²) in [5, 5.41) is 9.32. The molecule has 1 aromatic heterocycles. The summed E-state index contributed by atoms with van der Waals surface area (Å²) in [6, 6.07) is 5.96. The quantitative estimate of drug-likeness (QED) is 0.907. The van der Waals surface area contributed by atoms with Crippen molar-refractivity contribution in [2.24, 2.45) is 0 Å². The third kappa shape index (κ3) is 2.08.